The van der Waals surface area contributed by atoms with Crippen LogP contribution in [-0.2, 0) is 17.8 Å². The van der Waals surface area contributed by atoms with E-state index in [4.69, 9.17) is 18.9 Å². The molecule has 0 spiro atoms. The fourth-order valence-corrected chi connectivity index (χ4v) is 4.00. The predicted octanol–water partition coefficient (Wildman–Crippen LogP) is 4.21. The number of amides is 1. The number of pyridine rings is 1. The van der Waals surface area contributed by atoms with Crippen molar-refractivity contribution in [2.24, 2.45) is 0 Å². The minimum absolute atomic E-state index is 0.0872. The van der Waals surface area contributed by atoms with E-state index in [2.05, 4.69) is 4.98 Å². The maximum absolute atomic E-state index is 13.4. The fourth-order valence-electron chi connectivity index (χ4n) is 4.00. The molecule has 1 atom stereocenters. The number of nitrogens with zero attached hydrogens (tertiary/aromatic N) is 2. The minimum Gasteiger partial charge on any atom is -0.491 e. The maximum atomic E-state index is 13.4. The van der Waals surface area contributed by atoms with Crippen LogP contribution in [0.25, 0.3) is 0 Å². The number of hydrogen-bond acceptors (Lipinski definition) is 6. The summed E-state index contributed by atoms with van der Waals surface area (Å²) in [5, 5.41) is 0. The van der Waals surface area contributed by atoms with Crippen molar-refractivity contribution in [3.8, 4) is 17.2 Å². The number of benzene rings is 2. The lowest BCUT2D eigenvalue weighted by atomic mass is 10.1. The molecule has 1 unspecified atom stereocenters. The summed E-state index contributed by atoms with van der Waals surface area (Å²) in [6, 6.07) is 17.0. The van der Waals surface area contributed by atoms with Gasteiger partial charge in [-0.1, -0.05) is 18.2 Å². The Morgan fingerprint density at radius 2 is 1.88 bits per heavy atom. The summed E-state index contributed by atoms with van der Waals surface area (Å²) < 4.78 is 22.3. The lowest BCUT2D eigenvalue weighted by Crippen LogP contribution is -2.30. The molecule has 170 valence electrons. The molecule has 0 radical (unpaired) electrons. The van der Waals surface area contributed by atoms with Crippen LogP contribution in [-0.4, -0.2) is 41.9 Å². The van der Waals surface area contributed by atoms with Crippen molar-refractivity contribution in [2.75, 3.05) is 20.0 Å². The highest BCUT2D eigenvalue weighted by Crippen LogP contribution is 2.33. The topological polar surface area (TPSA) is 70.1 Å². The molecule has 3 aromatic rings. The van der Waals surface area contributed by atoms with Crippen molar-refractivity contribution in [1.82, 2.24) is 9.88 Å². The van der Waals surface area contributed by atoms with Crippen LogP contribution in [0.1, 0.15) is 34.3 Å². The summed E-state index contributed by atoms with van der Waals surface area (Å²) in [7, 11) is 0. The van der Waals surface area contributed by atoms with Gasteiger partial charge < -0.3 is 23.8 Å². The van der Waals surface area contributed by atoms with Crippen molar-refractivity contribution < 1.29 is 23.7 Å². The zero-order valence-electron chi connectivity index (χ0n) is 18.3. The van der Waals surface area contributed by atoms with Crippen LogP contribution in [0.3, 0.4) is 0 Å². The van der Waals surface area contributed by atoms with E-state index in [9.17, 15) is 4.79 Å². The zero-order valence-corrected chi connectivity index (χ0v) is 18.3. The van der Waals surface area contributed by atoms with Gasteiger partial charge in [0.2, 0.25) is 6.79 Å². The Morgan fingerprint density at radius 3 is 2.67 bits per heavy atom. The Hall–Kier alpha value is -3.58. The first-order valence-corrected chi connectivity index (χ1v) is 11.2. The summed E-state index contributed by atoms with van der Waals surface area (Å²) in [5.41, 5.74) is 2.53. The molecule has 3 heterocycles. The molecule has 1 fully saturated rings. The number of carbonyl (C=O) groups is 1. The molecule has 7 nitrogen and oxygen atoms in total. The summed E-state index contributed by atoms with van der Waals surface area (Å²) in [6.45, 7) is 2.45. The molecule has 1 saturated heterocycles. The second-order valence-corrected chi connectivity index (χ2v) is 8.18. The number of ether oxygens (including phenoxy) is 4. The van der Waals surface area contributed by atoms with Crippen LogP contribution in [0.15, 0.2) is 67.0 Å². The average molecular weight is 447 g/mol. The fraction of sp³-hybridized carbons (Fsp3) is 0.308. The predicted molar refractivity (Wildman–Crippen MR) is 121 cm³/mol. The first-order chi connectivity index (χ1) is 16.2. The first kappa shape index (κ1) is 21.3. The van der Waals surface area contributed by atoms with E-state index in [1.165, 1.54) is 0 Å². The molecule has 33 heavy (non-hydrogen) atoms. The highest BCUT2D eigenvalue weighted by atomic mass is 16.7. The molecule has 7 heteroatoms. The summed E-state index contributed by atoms with van der Waals surface area (Å²) >= 11 is 0. The van der Waals surface area contributed by atoms with Gasteiger partial charge in [0, 0.05) is 37.7 Å². The Kier molecular flexibility index (Phi) is 6.39. The van der Waals surface area contributed by atoms with E-state index in [1.54, 1.807) is 35.5 Å². The van der Waals surface area contributed by atoms with Gasteiger partial charge in [0.1, 0.15) is 12.4 Å². The number of hydrogen-bond donors (Lipinski definition) is 0. The highest BCUT2D eigenvalue weighted by Gasteiger charge is 2.21. The quantitative estimate of drug-likeness (QED) is 0.516. The second-order valence-electron chi connectivity index (χ2n) is 8.18. The van der Waals surface area contributed by atoms with E-state index in [0.29, 0.717) is 36.8 Å². The summed E-state index contributed by atoms with van der Waals surface area (Å²) in [5.74, 6) is 1.96. The molecule has 0 aliphatic carbocycles. The molecule has 5 rings (SSSR count). The van der Waals surface area contributed by atoms with Crippen LogP contribution in [0.4, 0.5) is 0 Å². The summed E-state index contributed by atoms with van der Waals surface area (Å²) in [6.07, 6.45) is 5.82. The molecule has 2 aliphatic rings. The Labute approximate surface area is 192 Å². The third kappa shape index (κ3) is 5.26. The average Bonchev–Trinajstić information content (AvgIpc) is 3.55. The van der Waals surface area contributed by atoms with Crippen molar-refractivity contribution in [3.63, 3.8) is 0 Å². The third-order valence-corrected chi connectivity index (χ3v) is 5.76. The second kappa shape index (κ2) is 9.92. The van der Waals surface area contributed by atoms with Crippen LogP contribution < -0.4 is 14.2 Å². The molecule has 0 saturated carbocycles. The van der Waals surface area contributed by atoms with E-state index >= 15 is 0 Å². The Bertz CT molecular complexity index is 1080. The van der Waals surface area contributed by atoms with Gasteiger partial charge in [0.15, 0.2) is 11.5 Å². The van der Waals surface area contributed by atoms with E-state index in [-0.39, 0.29) is 18.8 Å². The molecule has 0 N–H and O–H groups in total. The van der Waals surface area contributed by atoms with Gasteiger partial charge in [-0.25, -0.2) is 0 Å². The Morgan fingerprint density at radius 1 is 1.03 bits per heavy atom. The van der Waals surface area contributed by atoms with E-state index in [0.717, 1.165) is 36.3 Å². The van der Waals surface area contributed by atoms with E-state index < -0.39 is 0 Å². The third-order valence-electron chi connectivity index (χ3n) is 5.76. The van der Waals surface area contributed by atoms with Gasteiger partial charge in [-0.2, -0.15) is 0 Å². The van der Waals surface area contributed by atoms with Crippen molar-refractivity contribution in [1.29, 1.82) is 0 Å². The maximum Gasteiger partial charge on any atom is 0.254 e. The molecule has 1 amide bonds. The normalized spacial score (nSPS) is 16.5. The lowest BCUT2D eigenvalue weighted by molar-refractivity contribution is 0.0679. The highest BCUT2D eigenvalue weighted by molar-refractivity contribution is 5.95. The van der Waals surface area contributed by atoms with Crippen LogP contribution >= 0.6 is 0 Å². The van der Waals surface area contributed by atoms with Gasteiger partial charge in [-0.05, 0) is 60.4 Å². The van der Waals surface area contributed by atoms with Gasteiger partial charge in [0.05, 0.1) is 6.10 Å². The van der Waals surface area contributed by atoms with Crippen LogP contribution in [0, 0.1) is 0 Å². The molecule has 1 aromatic heterocycles. The minimum atomic E-state index is -0.0872. The monoisotopic (exact) mass is 446 g/mol. The molecular weight excluding hydrogens is 420 g/mol. The number of carbonyl (C=O) groups excluding carboxylic acids is 1. The Balaban J connectivity index is 1.30. The van der Waals surface area contributed by atoms with Gasteiger partial charge in [0.25, 0.3) is 5.91 Å². The van der Waals surface area contributed by atoms with Gasteiger partial charge in [-0.3, -0.25) is 9.78 Å². The zero-order chi connectivity index (χ0) is 22.5. The summed E-state index contributed by atoms with van der Waals surface area (Å²) in [4.78, 5) is 19.4. The standard InChI is InChI=1S/C26H26N2O5/c29-26(21-7-10-24-25(13-21)33-18-32-24)28(16-20-3-1-11-27-14-20)15-19-5-8-22(9-6-19)31-17-23-4-2-12-30-23/h1,3,5-11,13-14,23H,2,4,12,15-18H2. The first-order valence-electron chi connectivity index (χ1n) is 11.2. The van der Waals surface area contributed by atoms with E-state index in [1.807, 2.05) is 36.4 Å². The molecular formula is C26H26N2O5. The number of aromatic nitrogens is 1. The number of rotatable bonds is 8. The number of fused-ring (bicyclic) bond motifs is 1. The van der Waals surface area contributed by atoms with Gasteiger partial charge >= 0.3 is 0 Å². The van der Waals surface area contributed by atoms with Gasteiger partial charge in [-0.15, -0.1) is 0 Å². The van der Waals surface area contributed by atoms with Crippen molar-refractivity contribution in [2.45, 2.75) is 32.0 Å². The molecule has 2 aromatic carbocycles. The van der Waals surface area contributed by atoms with Crippen molar-refractivity contribution >= 4 is 5.91 Å². The smallest absolute Gasteiger partial charge is 0.254 e. The van der Waals surface area contributed by atoms with Crippen LogP contribution in [0.2, 0.25) is 0 Å². The SMILES string of the molecule is O=C(c1ccc2c(c1)OCO2)N(Cc1ccc(OCC2CCCO2)cc1)Cc1cccnc1. The largest absolute Gasteiger partial charge is 0.491 e. The van der Waals surface area contributed by atoms with Crippen LogP contribution in [0.5, 0.6) is 17.2 Å². The lowest BCUT2D eigenvalue weighted by Gasteiger charge is -2.23. The van der Waals surface area contributed by atoms with Crippen molar-refractivity contribution in [3.05, 3.63) is 83.7 Å². The molecule has 0 bridgehead atoms. The molecule has 2 aliphatic heterocycles.